The second-order valence-electron chi connectivity index (χ2n) is 7.19. The molecule has 2 aromatic heterocycles. The van der Waals surface area contributed by atoms with Crippen molar-refractivity contribution < 1.29 is 31.9 Å². The molecule has 0 saturated heterocycles. The van der Waals surface area contributed by atoms with Crippen LogP contribution in [0.2, 0.25) is 0 Å². The van der Waals surface area contributed by atoms with E-state index in [1.165, 1.54) is 37.5 Å². The SMILES string of the molecule is Cc1cc(CNC(=O)c2ccnc(NC(=O)C3CC3)c2)cnc1OCC(F)(F)C(F)F. The number of nitrogens with one attached hydrogen (secondary N) is 2. The molecule has 1 aliphatic rings. The number of halogens is 4. The Morgan fingerprint density at radius 2 is 2.00 bits per heavy atom. The van der Waals surface area contributed by atoms with E-state index in [0.29, 0.717) is 16.7 Å². The lowest BCUT2D eigenvalue weighted by Gasteiger charge is -2.16. The summed E-state index contributed by atoms with van der Waals surface area (Å²) in [5.74, 6) is -4.73. The zero-order valence-corrected chi connectivity index (χ0v) is 16.5. The van der Waals surface area contributed by atoms with Crippen molar-refractivity contribution >= 4 is 17.6 Å². The molecule has 2 aromatic rings. The molecule has 0 unspecified atom stereocenters. The average molecular weight is 440 g/mol. The molecule has 3 rings (SSSR count). The van der Waals surface area contributed by atoms with Gasteiger partial charge in [0.05, 0.1) is 0 Å². The first-order valence-electron chi connectivity index (χ1n) is 9.45. The minimum Gasteiger partial charge on any atom is -0.471 e. The summed E-state index contributed by atoms with van der Waals surface area (Å²) < 4.78 is 55.1. The molecule has 11 heteroatoms. The van der Waals surface area contributed by atoms with Crippen LogP contribution in [0.3, 0.4) is 0 Å². The van der Waals surface area contributed by atoms with Crippen LogP contribution in [-0.2, 0) is 11.3 Å². The summed E-state index contributed by atoms with van der Waals surface area (Å²) in [6.07, 6.45) is 0.551. The number of anilines is 1. The van der Waals surface area contributed by atoms with Crippen molar-refractivity contribution in [2.24, 2.45) is 5.92 Å². The standard InChI is InChI=1S/C20H20F4N4O3/c1-11-6-12(9-27-18(11)31-10-20(23,24)19(21)22)8-26-16(29)14-4-5-25-15(7-14)28-17(30)13-2-3-13/h4-7,9,13,19H,2-3,8,10H2,1H3,(H,26,29)(H,25,28,30). The van der Waals surface area contributed by atoms with E-state index < -0.39 is 24.9 Å². The summed E-state index contributed by atoms with van der Waals surface area (Å²) in [6, 6.07) is 4.49. The van der Waals surface area contributed by atoms with Crippen LogP contribution in [-0.4, -0.2) is 40.7 Å². The molecule has 0 aliphatic heterocycles. The minimum atomic E-state index is -4.28. The largest absolute Gasteiger partial charge is 0.471 e. The van der Waals surface area contributed by atoms with Crippen LogP contribution in [0.15, 0.2) is 30.6 Å². The van der Waals surface area contributed by atoms with Gasteiger partial charge < -0.3 is 15.4 Å². The summed E-state index contributed by atoms with van der Waals surface area (Å²) in [5.41, 5.74) is 1.20. The molecule has 1 saturated carbocycles. The summed E-state index contributed by atoms with van der Waals surface area (Å²) >= 11 is 0. The van der Waals surface area contributed by atoms with Gasteiger partial charge in [0.2, 0.25) is 11.8 Å². The average Bonchev–Trinajstić information content (AvgIpc) is 3.57. The molecule has 166 valence electrons. The Labute approximate surface area is 175 Å². The van der Waals surface area contributed by atoms with Crippen LogP contribution >= 0.6 is 0 Å². The number of pyridine rings is 2. The Kier molecular flexibility index (Phi) is 6.71. The van der Waals surface area contributed by atoms with Gasteiger partial charge in [0, 0.05) is 36.0 Å². The Morgan fingerprint density at radius 3 is 2.65 bits per heavy atom. The molecule has 2 N–H and O–H groups in total. The fourth-order valence-corrected chi connectivity index (χ4v) is 2.59. The highest BCUT2D eigenvalue weighted by Crippen LogP contribution is 2.30. The molecule has 1 fully saturated rings. The molecule has 2 heterocycles. The van der Waals surface area contributed by atoms with Gasteiger partial charge in [0.1, 0.15) is 5.82 Å². The number of hydrogen-bond acceptors (Lipinski definition) is 5. The van der Waals surface area contributed by atoms with Crippen LogP contribution in [0.4, 0.5) is 23.4 Å². The van der Waals surface area contributed by atoms with Crippen LogP contribution in [0.5, 0.6) is 5.88 Å². The zero-order valence-electron chi connectivity index (χ0n) is 16.5. The van der Waals surface area contributed by atoms with Crippen LogP contribution in [0, 0.1) is 12.8 Å². The maximum absolute atomic E-state index is 13.0. The molecule has 31 heavy (non-hydrogen) atoms. The van der Waals surface area contributed by atoms with Gasteiger partial charge in [-0.3, -0.25) is 9.59 Å². The molecule has 0 aromatic carbocycles. The summed E-state index contributed by atoms with van der Waals surface area (Å²) in [5, 5.41) is 5.33. The summed E-state index contributed by atoms with van der Waals surface area (Å²) in [4.78, 5) is 32.1. The zero-order chi connectivity index (χ0) is 22.6. The van der Waals surface area contributed by atoms with Gasteiger partial charge in [-0.05, 0) is 43.5 Å². The highest BCUT2D eigenvalue weighted by Gasteiger charge is 2.42. The van der Waals surface area contributed by atoms with Crippen molar-refractivity contribution in [3.8, 4) is 5.88 Å². The number of amides is 2. The quantitative estimate of drug-likeness (QED) is 0.584. The third-order valence-corrected chi connectivity index (χ3v) is 4.48. The normalized spacial score (nSPS) is 13.7. The van der Waals surface area contributed by atoms with E-state index >= 15 is 0 Å². The van der Waals surface area contributed by atoms with Gasteiger partial charge >= 0.3 is 12.3 Å². The highest BCUT2D eigenvalue weighted by molar-refractivity contribution is 5.97. The van der Waals surface area contributed by atoms with Crippen LogP contribution in [0.1, 0.15) is 34.3 Å². The van der Waals surface area contributed by atoms with Crippen LogP contribution < -0.4 is 15.4 Å². The fraction of sp³-hybridized carbons (Fsp3) is 0.400. The predicted octanol–water partition coefficient (Wildman–Crippen LogP) is 3.34. The van der Waals surface area contributed by atoms with Gasteiger partial charge in [-0.15, -0.1) is 0 Å². The molecular weight excluding hydrogens is 420 g/mol. The molecule has 0 radical (unpaired) electrons. The van der Waals surface area contributed by atoms with E-state index in [9.17, 15) is 27.2 Å². The van der Waals surface area contributed by atoms with E-state index in [2.05, 4.69) is 20.6 Å². The van der Waals surface area contributed by atoms with Gasteiger partial charge in [0.25, 0.3) is 5.91 Å². The number of carbonyl (C=O) groups excluding carboxylic acids is 2. The minimum absolute atomic E-state index is 0.00331. The van der Waals surface area contributed by atoms with E-state index in [1.54, 1.807) is 0 Å². The monoisotopic (exact) mass is 440 g/mol. The van der Waals surface area contributed by atoms with E-state index in [-0.39, 0.29) is 30.1 Å². The van der Waals surface area contributed by atoms with Crippen molar-refractivity contribution in [2.45, 2.75) is 38.7 Å². The first-order chi connectivity index (χ1) is 14.7. The third kappa shape index (κ3) is 6.12. The smallest absolute Gasteiger partial charge is 0.340 e. The lowest BCUT2D eigenvalue weighted by Crippen LogP contribution is -2.34. The van der Waals surface area contributed by atoms with Crippen molar-refractivity contribution in [3.05, 3.63) is 47.3 Å². The lowest BCUT2D eigenvalue weighted by atomic mass is 10.2. The summed E-state index contributed by atoms with van der Waals surface area (Å²) in [7, 11) is 0. The fourth-order valence-electron chi connectivity index (χ4n) is 2.59. The number of ether oxygens (including phenoxy) is 1. The number of nitrogens with zero attached hydrogens (tertiary/aromatic N) is 2. The Bertz CT molecular complexity index is 967. The maximum atomic E-state index is 13.0. The maximum Gasteiger partial charge on any atom is 0.340 e. The molecule has 0 bridgehead atoms. The van der Waals surface area contributed by atoms with E-state index in [0.717, 1.165) is 12.8 Å². The van der Waals surface area contributed by atoms with E-state index in [4.69, 9.17) is 4.74 Å². The molecule has 7 nitrogen and oxygen atoms in total. The second kappa shape index (κ2) is 9.27. The molecule has 0 atom stereocenters. The number of aromatic nitrogens is 2. The number of aryl methyl sites for hydroxylation is 1. The number of hydrogen-bond donors (Lipinski definition) is 2. The molecular formula is C20H20F4N4O3. The molecule has 2 amide bonds. The number of carbonyl (C=O) groups is 2. The number of rotatable bonds is 9. The molecule has 1 aliphatic carbocycles. The van der Waals surface area contributed by atoms with Gasteiger partial charge in [0.15, 0.2) is 6.61 Å². The first-order valence-corrected chi connectivity index (χ1v) is 9.45. The van der Waals surface area contributed by atoms with Gasteiger partial charge in [-0.2, -0.15) is 8.78 Å². The first kappa shape index (κ1) is 22.4. The highest BCUT2D eigenvalue weighted by atomic mass is 19.3. The second-order valence-corrected chi connectivity index (χ2v) is 7.19. The number of alkyl halides is 4. The van der Waals surface area contributed by atoms with Crippen molar-refractivity contribution in [1.82, 2.24) is 15.3 Å². The van der Waals surface area contributed by atoms with Gasteiger partial charge in [-0.1, -0.05) is 0 Å². The van der Waals surface area contributed by atoms with Crippen LogP contribution in [0.25, 0.3) is 0 Å². The predicted molar refractivity (Wildman–Crippen MR) is 102 cm³/mol. The lowest BCUT2D eigenvalue weighted by molar-refractivity contribution is -0.148. The Hall–Kier alpha value is -3.24. The Morgan fingerprint density at radius 1 is 1.26 bits per heavy atom. The van der Waals surface area contributed by atoms with Crippen molar-refractivity contribution in [2.75, 3.05) is 11.9 Å². The van der Waals surface area contributed by atoms with Gasteiger partial charge in [-0.25, -0.2) is 18.7 Å². The van der Waals surface area contributed by atoms with Crippen molar-refractivity contribution in [3.63, 3.8) is 0 Å². The van der Waals surface area contributed by atoms with E-state index in [1.807, 2.05) is 0 Å². The topological polar surface area (TPSA) is 93.2 Å². The third-order valence-electron chi connectivity index (χ3n) is 4.48. The Balaban J connectivity index is 1.55. The van der Waals surface area contributed by atoms with Crippen molar-refractivity contribution in [1.29, 1.82) is 0 Å². The summed E-state index contributed by atoms with van der Waals surface area (Å²) in [6.45, 7) is 0.106. The molecule has 0 spiro atoms.